The average molecular weight is 426 g/mol. The zero-order valence-electron chi connectivity index (χ0n) is 9.12. The summed E-state index contributed by atoms with van der Waals surface area (Å²) in [6.07, 6.45) is 1.47. The molecule has 1 aromatic heterocycles. The number of amides is 1. The molecule has 1 heterocycles. The van der Waals surface area contributed by atoms with Crippen molar-refractivity contribution >= 4 is 66.8 Å². The number of benzene rings is 1. The largest absolute Gasteiger partial charge is 0.304 e. The highest BCUT2D eigenvalue weighted by atomic mass is 79.9. The van der Waals surface area contributed by atoms with E-state index >= 15 is 0 Å². The van der Waals surface area contributed by atoms with Crippen LogP contribution in [-0.2, 0) is 0 Å². The van der Waals surface area contributed by atoms with Crippen molar-refractivity contribution in [1.82, 2.24) is 9.97 Å². The van der Waals surface area contributed by atoms with Gasteiger partial charge in [0, 0.05) is 0 Å². The topological polar surface area (TPSA) is 54.9 Å². The number of carbonyl (C=O) groups excluding carboxylic acids is 1. The van der Waals surface area contributed by atoms with E-state index in [0.29, 0.717) is 20.0 Å². The lowest BCUT2D eigenvalue weighted by Gasteiger charge is -2.08. The normalized spacial score (nSPS) is 10.3. The Balaban J connectivity index is 2.28. The van der Waals surface area contributed by atoms with Crippen molar-refractivity contribution in [3.63, 3.8) is 0 Å². The zero-order valence-corrected chi connectivity index (χ0v) is 13.8. The van der Waals surface area contributed by atoms with E-state index in [2.05, 4.69) is 47.1 Å². The van der Waals surface area contributed by atoms with Gasteiger partial charge in [0.1, 0.15) is 9.21 Å². The summed E-state index contributed by atoms with van der Waals surface area (Å²) in [4.78, 5) is 20.2. The number of hydrogen-bond donors (Lipinski definition) is 1. The highest BCUT2D eigenvalue weighted by molar-refractivity contribution is 9.11. The third kappa shape index (κ3) is 3.45. The van der Waals surface area contributed by atoms with Crippen LogP contribution >= 0.6 is 55.1 Å². The first-order valence-electron chi connectivity index (χ1n) is 4.92. The van der Waals surface area contributed by atoms with Gasteiger partial charge in [0.15, 0.2) is 5.82 Å². The highest BCUT2D eigenvalue weighted by Gasteiger charge is 2.15. The van der Waals surface area contributed by atoms with Gasteiger partial charge < -0.3 is 5.32 Å². The van der Waals surface area contributed by atoms with Gasteiger partial charge >= 0.3 is 0 Å². The number of nitrogens with one attached hydrogen (secondary N) is 1. The molecule has 8 heteroatoms. The minimum atomic E-state index is -0.412. The van der Waals surface area contributed by atoms with Gasteiger partial charge in [0.05, 0.1) is 21.8 Å². The molecule has 4 nitrogen and oxygen atoms in total. The number of anilines is 1. The molecule has 0 spiro atoms. The number of nitrogens with zero attached hydrogens (tertiary/aromatic N) is 2. The summed E-state index contributed by atoms with van der Waals surface area (Å²) in [6, 6.07) is 4.82. The molecule has 98 valence electrons. The minimum absolute atomic E-state index is 0.197. The van der Waals surface area contributed by atoms with Crippen LogP contribution in [0.15, 0.2) is 33.6 Å². The van der Waals surface area contributed by atoms with E-state index in [1.54, 1.807) is 18.2 Å². The molecule has 19 heavy (non-hydrogen) atoms. The first kappa shape index (κ1) is 14.7. The zero-order chi connectivity index (χ0) is 14.0. The third-order valence-corrected chi connectivity index (χ3v) is 3.88. The Labute approximate surface area is 135 Å². The van der Waals surface area contributed by atoms with E-state index in [1.807, 2.05) is 0 Å². The standard InChI is InChI=1S/C11H5Br2Cl2N3O/c12-7-4-16-10(9(13)17-7)18-11(19)5-2-1-3-6(14)8(5)15/h1-4H,(H,16,18,19). The predicted molar refractivity (Wildman–Crippen MR) is 81.8 cm³/mol. The van der Waals surface area contributed by atoms with Crippen molar-refractivity contribution < 1.29 is 4.79 Å². The monoisotopic (exact) mass is 423 g/mol. The molecule has 0 saturated carbocycles. The molecule has 1 amide bonds. The maximum atomic E-state index is 12.1. The highest BCUT2D eigenvalue weighted by Crippen LogP contribution is 2.27. The van der Waals surface area contributed by atoms with Gasteiger partial charge in [-0.2, -0.15) is 0 Å². The van der Waals surface area contributed by atoms with Crippen LogP contribution in [-0.4, -0.2) is 15.9 Å². The van der Waals surface area contributed by atoms with Crippen LogP contribution < -0.4 is 5.32 Å². The van der Waals surface area contributed by atoms with Gasteiger partial charge in [0.25, 0.3) is 5.91 Å². The molecule has 1 N–H and O–H groups in total. The maximum absolute atomic E-state index is 12.1. The van der Waals surface area contributed by atoms with Gasteiger partial charge in [-0.05, 0) is 44.0 Å². The van der Waals surface area contributed by atoms with E-state index in [0.717, 1.165) is 0 Å². The van der Waals surface area contributed by atoms with E-state index in [4.69, 9.17) is 23.2 Å². The van der Waals surface area contributed by atoms with Gasteiger partial charge in [0.2, 0.25) is 0 Å². The maximum Gasteiger partial charge on any atom is 0.258 e. The Morgan fingerprint density at radius 3 is 2.68 bits per heavy atom. The lowest BCUT2D eigenvalue weighted by molar-refractivity contribution is 0.102. The molecule has 0 saturated heterocycles. The lowest BCUT2D eigenvalue weighted by Crippen LogP contribution is -2.14. The van der Waals surface area contributed by atoms with Crippen LogP contribution in [0.4, 0.5) is 5.82 Å². The smallest absolute Gasteiger partial charge is 0.258 e. The molecular formula is C11H5Br2Cl2N3O. The molecule has 2 aromatic rings. The summed E-state index contributed by atoms with van der Waals surface area (Å²) in [6.45, 7) is 0. The average Bonchev–Trinajstić information content (AvgIpc) is 2.36. The Kier molecular flexibility index (Phi) is 4.78. The fraction of sp³-hybridized carbons (Fsp3) is 0. The van der Waals surface area contributed by atoms with E-state index < -0.39 is 5.91 Å². The second-order valence-corrected chi connectivity index (χ2v) is 5.74. The van der Waals surface area contributed by atoms with Crippen molar-refractivity contribution in [1.29, 1.82) is 0 Å². The van der Waals surface area contributed by atoms with E-state index in [-0.39, 0.29) is 10.6 Å². The Morgan fingerprint density at radius 1 is 1.26 bits per heavy atom. The second-order valence-electron chi connectivity index (χ2n) is 3.39. The van der Waals surface area contributed by atoms with Gasteiger partial charge in [-0.15, -0.1) is 0 Å². The van der Waals surface area contributed by atoms with Crippen molar-refractivity contribution in [2.45, 2.75) is 0 Å². The van der Waals surface area contributed by atoms with Crippen molar-refractivity contribution in [2.75, 3.05) is 5.32 Å². The quantitative estimate of drug-likeness (QED) is 0.767. The van der Waals surface area contributed by atoms with Crippen LogP contribution in [0, 0.1) is 0 Å². The second kappa shape index (κ2) is 6.17. The van der Waals surface area contributed by atoms with Gasteiger partial charge in [-0.1, -0.05) is 29.3 Å². The number of halogens is 4. The first-order valence-corrected chi connectivity index (χ1v) is 7.26. The third-order valence-electron chi connectivity index (χ3n) is 2.13. The molecule has 0 radical (unpaired) electrons. The fourth-order valence-electron chi connectivity index (χ4n) is 1.28. The summed E-state index contributed by atoms with van der Waals surface area (Å²) in [5.74, 6) is -0.117. The predicted octanol–water partition coefficient (Wildman–Crippen LogP) is 4.56. The van der Waals surface area contributed by atoms with E-state index in [9.17, 15) is 4.79 Å². The van der Waals surface area contributed by atoms with Gasteiger partial charge in [-0.25, -0.2) is 9.97 Å². The molecule has 1 aromatic carbocycles. The van der Waals surface area contributed by atoms with Crippen molar-refractivity contribution in [2.24, 2.45) is 0 Å². The van der Waals surface area contributed by atoms with Crippen molar-refractivity contribution in [3.8, 4) is 0 Å². The van der Waals surface area contributed by atoms with Crippen LogP contribution in [0.2, 0.25) is 10.0 Å². The summed E-state index contributed by atoms with van der Waals surface area (Å²) < 4.78 is 0.964. The number of aromatic nitrogens is 2. The Bertz CT molecular complexity index is 652. The van der Waals surface area contributed by atoms with Crippen LogP contribution in [0.5, 0.6) is 0 Å². The van der Waals surface area contributed by atoms with Crippen LogP contribution in [0.1, 0.15) is 10.4 Å². The van der Waals surface area contributed by atoms with Crippen LogP contribution in [0.3, 0.4) is 0 Å². The minimum Gasteiger partial charge on any atom is -0.304 e. The molecule has 0 atom stereocenters. The van der Waals surface area contributed by atoms with E-state index in [1.165, 1.54) is 6.20 Å². The number of rotatable bonds is 2. The molecule has 0 aliphatic rings. The van der Waals surface area contributed by atoms with Crippen molar-refractivity contribution in [3.05, 3.63) is 49.2 Å². The molecular weight excluding hydrogens is 421 g/mol. The summed E-state index contributed by atoms with van der Waals surface area (Å²) in [5.41, 5.74) is 0.269. The number of hydrogen-bond acceptors (Lipinski definition) is 3. The molecule has 0 unspecified atom stereocenters. The summed E-state index contributed by atoms with van der Waals surface area (Å²) in [7, 11) is 0. The summed E-state index contributed by atoms with van der Waals surface area (Å²) >= 11 is 18.2. The SMILES string of the molecule is O=C(Nc1ncc(Br)nc1Br)c1cccc(Cl)c1Cl. The molecule has 0 fully saturated rings. The molecule has 2 rings (SSSR count). The first-order chi connectivity index (χ1) is 8.99. The van der Waals surface area contributed by atoms with Gasteiger partial charge in [-0.3, -0.25) is 4.79 Å². The molecule has 0 aliphatic carbocycles. The number of carbonyl (C=O) groups is 1. The summed E-state index contributed by atoms with van der Waals surface area (Å²) in [5, 5.41) is 3.11. The fourth-order valence-corrected chi connectivity index (χ4v) is 2.58. The Hall–Kier alpha value is -0.690. The molecule has 0 bridgehead atoms. The Morgan fingerprint density at radius 2 is 2.00 bits per heavy atom. The molecule has 0 aliphatic heterocycles. The lowest BCUT2D eigenvalue weighted by atomic mass is 10.2. The van der Waals surface area contributed by atoms with Crippen LogP contribution in [0.25, 0.3) is 0 Å².